The Balaban J connectivity index is 1.96. The number of carbonyl (C=O) groups excluding carboxylic acids is 2. The molecule has 2 aliphatic heterocycles. The number of nitrogens with zero attached hydrogens (tertiary/aromatic N) is 1. The van der Waals surface area contributed by atoms with Crippen LogP contribution in [0.5, 0.6) is 11.5 Å². The van der Waals surface area contributed by atoms with Crippen molar-refractivity contribution in [1.29, 1.82) is 0 Å². The molecule has 1 fully saturated rings. The number of rotatable bonds is 2. The van der Waals surface area contributed by atoms with Gasteiger partial charge in [-0.3, -0.25) is 14.5 Å². The summed E-state index contributed by atoms with van der Waals surface area (Å²) in [7, 11) is 0. The molecule has 2 aliphatic rings. The Morgan fingerprint density at radius 2 is 1.90 bits per heavy atom. The average molecular weight is 305 g/mol. The average Bonchev–Trinajstić information content (AvgIpc) is 2.94. The highest BCUT2D eigenvalue weighted by atomic mass is 32.2. The van der Waals surface area contributed by atoms with Crippen LogP contribution in [-0.2, 0) is 4.79 Å². The van der Waals surface area contributed by atoms with Gasteiger partial charge in [-0.15, -0.1) is 0 Å². The van der Waals surface area contributed by atoms with Gasteiger partial charge >= 0.3 is 0 Å². The van der Waals surface area contributed by atoms with Gasteiger partial charge in [0.25, 0.3) is 11.1 Å². The van der Waals surface area contributed by atoms with E-state index >= 15 is 0 Å². The van der Waals surface area contributed by atoms with Gasteiger partial charge in [-0.25, -0.2) is 0 Å². The van der Waals surface area contributed by atoms with E-state index in [-0.39, 0.29) is 24.0 Å². The molecule has 2 amide bonds. The highest BCUT2D eigenvalue weighted by Crippen LogP contribution is 2.38. The maximum absolute atomic E-state index is 12.3. The number of ether oxygens (including phenoxy) is 2. The SMILES string of the molecule is Cc1cc2c(cc1/C=C1/SC(=O)N(C(C)C)C1=O)OCO2. The van der Waals surface area contributed by atoms with Gasteiger partial charge in [-0.1, -0.05) is 0 Å². The first kappa shape index (κ1) is 14.0. The summed E-state index contributed by atoms with van der Waals surface area (Å²) in [6.07, 6.45) is 1.74. The fourth-order valence-electron chi connectivity index (χ4n) is 2.28. The van der Waals surface area contributed by atoms with Crippen molar-refractivity contribution in [2.75, 3.05) is 6.79 Å². The number of aryl methyl sites for hydroxylation is 1. The van der Waals surface area contributed by atoms with Gasteiger partial charge in [0.2, 0.25) is 6.79 Å². The molecular weight excluding hydrogens is 290 g/mol. The summed E-state index contributed by atoms with van der Waals surface area (Å²) in [5.74, 6) is 1.13. The Bertz CT molecular complexity index is 666. The van der Waals surface area contributed by atoms with E-state index in [1.165, 1.54) is 4.90 Å². The molecule has 0 spiro atoms. The zero-order valence-corrected chi connectivity index (χ0v) is 12.8. The second-order valence-corrected chi connectivity index (χ2v) is 6.20. The summed E-state index contributed by atoms with van der Waals surface area (Å²) in [6.45, 7) is 5.79. The molecule has 0 saturated carbocycles. The molecule has 2 heterocycles. The third-order valence-corrected chi connectivity index (χ3v) is 4.27. The number of fused-ring (bicyclic) bond motifs is 1. The highest BCUT2D eigenvalue weighted by molar-refractivity contribution is 8.18. The van der Waals surface area contributed by atoms with Crippen LogP contribution in [0.15, 0.2) is 17.0 Å². The van der Waals surface area contributed by atoms with Crippen LogP contribution in [-0.4, -0.2) is 28.9 Å². The lowest BCUT2D eigenvalue weighted by atomic mass is 10.1. The van der Waals surface area contributed by atoms with Crippen molar-refractivity contribution in [2.24, 2.45) is 0 Å². The maximum atomic E-state index is 12.3. The second-order valence-electron chi connectivity index (χ2n) is 5.21. The number of thioether (sulfide) groups is 1. The maximum Gasteiger partial charge on any atom is 0.293 e. The summed E-state index contributed by atoms with van der Waals surface area (Å²) < 4.78 is 10.7. The minimum atomic E-state index is -0.239. The normalized spacial score (nSPS) is 19.2. The zero-order chi connectivity index (χ0) is 15.1. The Kier molecular flexibility index (Phi) is 3.41. The number of amides is 2. The first-order valence-electron chi connectivity index (χ1n) is 6.64. The number of carbonyl (C=O) groups is 2. The van der Waals surface area contributed by atoms with E-state index in [9.17, 15) is 9.59 Å². The molecule has 21 heavy (non-hydrogen) atoms. The van der Waals surface area contributed by atoms with Gasteiger partial charge in [0.15, 0.2) is 11.5 Å². The smallest absolute Gasteiger partial charge is 0.293 e. The number of hydrogen-bond acceptors (Lipinski definition) is 5. The molecule has 6 heteroatoms. The third kappa shape index (κ3) is 2.40. The molecule has 0 aromatic heterocycles. The van der Waals surface area contributed by atoms with E-state index in [4.69, 9.17) is 9.47 Å². The van der Waals surface area contributed by atoms with Gasteiger partial charge in [0, 0.05) is 6.04 Å². The lowest BCUT2D eigenvalue weighted by Gasteiger charge is -2.16. The number of imide groups is 1. The Hall–Kier alpha value is -1.95. The van der Waals surface area contributed by atoms with E-state index in [2.05, 4.69) is 0 Å². The molecule has 1 saturated heterocycles. The minimum Gasteiger partial charge on any atom is -0.454 e. The van der Waals surface area contributed by atoms with Crippen molar-refractivity contribution >= 4 is 29.0 Å². The largest absolute Gasteiger partial charge is 0.454 e. The lowest BCUT2D eigenvalue weighted by molar-refractivity contribution is -0.123. The fourth-order valence-corrected chi connectivity index (χ4v) is 3.23. The molecule has 5 nitrogen and oxygen atoms in total. The van der Waals surface area contributed by atoms with E-state index in [1.54, 1.807) is 6.08 Å². The molecule has 0 radical (unpaired) electrons. The summed E-state index contributed by atoms with van der Waals surface area (Å²) in [4.78, 5) is 25.9. The monoisotopic (exact) mass is 305 g/mol. The van der Waals surface area contributed by atoms with Crippen molar-refractivity contribution in [3.63, 3.8) is 0 Å². The Morgan fingerprint density at radius 1 is 1.24 bits per heavy atom. The van der Waals surface area contributed by atoms with Crippen LogP contribution in [0.3, 0.4) is 0 Å². The van der Waals surface area contributed by atoms with Crippen LogP contribution in [0.1, 0.15) is 25.0 Å². The summed E-state index contributed by atoms with van der Waals surface area (Å²) in [5, 5.41) is -0.223. The Morgan fingerprint density at radius 3 is 2.52 bits per heavy atom. The third-order valence-electron chi connectivity index (χ3n) is 3.39. The molecule has 0 N–H and O–H groups in total. The number of benzene rings is 1. The van der Waals surface area contributed by atoms with Gasteiger partial charge in [0.1, 0.15) is 0 Å². The molecule has 0 unspecified atom stereocenters. The van der Waals surface area contributed by atoms with E-state index < -0.39 is 0 Å². The minimum absolute atomic E-state index is 0.138. The van der Waals surface area contributed by atoms with Gasteiger partial charge in [0.05, 0.1) is 4.91 Å². The quantitative estimate of drug-likeness (QED) is 0.786. The molecule has 3 rings (SSSR count). The summed E-state index contributed by atoms with van der Waals surface area (Å²) in [5.41, 5.74) is 1.82. The van der Waals surface area contributed by atoms with Crippen LogP contribution >= 0.6 is 11.8 Å². The molecule has 0 bridgehead atoms. The Labute approximate surface area is 126 Å². The molecule has 1 aromatic carbocycles. The van der Waals surface area contributed by atoms with Gasteiger partial charge in [-0.2, -0.15) is 0 Å². The van der Waals surface area contributed by atoms with Gasteiger partial charge in [-0.05, 0) is 61.9 Å². The molecule has 1 aromatic rings. The number of hydrogen-bond donors (Lipinski definition) is 0. The second kappa shape index (κ2) is 5.11. The summed E-state index contributed by atoms with van der Waals surface area (Å²) in [6, 6.07) is 3.57. The van der Waals surface area contributed by atoms with E-state index in [0.717, 1.165) is 22.9 Å². The van der Waals surface area contributed by atoms with E-state index in [1.807, 2.05) is 32.9 Å². The fraction of sp³-hybridized carbons (Fsp3) is 0.333. The lowest BCUT2D eigenvalue weighted by Crippen LogP contribution is -2.34. The molecule has 0 atom stereocenters. The van der Waals surface area contributed by atoms with Crippen LogP contribution in [0.4, 0.5) is 4.79 Å². The van der Waals surface area contributed by atoms with Crippen molar-refractivity contribution in [3.05, 3.63) is 28.2 Å². The van der Waals surface area contributed by atoms with Crippen molar-refractivity contribution < 1.29 is 19.1 Å². The van der Waals surface area contributed by atoms with Crippen molar-refractivity contribution in [1.82, 2.24) is 4.90 Å². The van der Waals surface area contributed by atoms with Gasteiger partial charge < -0.3 is 9.47 Å². The first-order valence-corrected chi connectivity index (χ1v) is 7.46. The topological polar surface area (TPSA) is 55.8 Å². The first-order chi connectivity index (χ1) is 9.97. The molecule has 0 aliphatic carbocycles. The van der Waals surface area contributed by atoms with Crippen molar-refractivity contribution in [2.45, 2.75) is 26.8 Å². The van der Waals surface area contributed by atoms with Crippen LogP contribution in [0, 0.1) is 6.92 Å². The zero-order valence-electron chi connectivity index (χ0n) is 12.0. The van der Waals surface area contributed by atoms with Crippen molar-refractivity contribution in [3.8, 4) is 11.5 Å². The van der Waals surface area contributed by atoms with Crippen LogP contribution in [0.2, 0.25) is 0 Å². The predicted octanol–water partition coefficient (Wildman–Crippen LogP) is 3.17. The van der Waals surface area contributed by atoms with Crippen LogP contribution < -0.4 is 9.47 Å². The molecule has 110 valence electrons. The van der Waals surface area contributed by atoms with E-state index in [0.29, 0.717) is 16.4 Å². The summed E-state index contributed by atoms with van der Waals surface area (Å²) >= 11 is 0.973. The highest BCUT2D eigenvalue weighted by Gasteiger charge is 2.36. The predicted molar refractivity (Wildman–Crippen MR) is 80.2 cm³/mol. The van der Waals surface area contributed by atoms with Crippen LogP contribution in [0.25, 0.3) is 6.08 Å². The molecular formula is C15H15NO4S. The standard InChI is InChI=1S/C15H15NO4S/c1-8(2)16-14(17)13(21-15(16)18)6-10-5-12-11(4-9(10)3)19-7-20-12/h4-6,8H,7H2,1-3H3/b13-6+.